The van der Waals surface area contributed by atoms with Crippen LogP contribution in [0, 0.1) is 5.41 Å². The number of rotatable bonds is 7. The first kappa shape index (κ1) is 14.1. The third-order valence-electron chi connectivity index (χ3n) is 2.32. The Labute approximate surface area is 91.6 Å². The molecule has 0 spiro atoms. The molecule has 0 aromatic heterocycles. The van der Waals surface area contributed by atoms with Crippen molar-refractivity contribution in [2.45, 2.75) is 53.5 Å². The van der Waals surface area contributed by atoms with Gasteiger partial charge in [-0.3, -0.25) is 0 Å². The third kappa shape index (κ3) is 8.72. The largest absolute Gasteiger partial charge is 0.328 e. The van der Waals surface area contributed by atoms with Crippen molar-refractivity contribution in [2.24, 2.45) is 5.41 Å². The van der Waals surface area contributed by atoms with Crippen LogP contribution in [0.1, 0.15) is 47.5 Å². The molecule has 0 aromatic carbocycles. The van der Waals surface area contributed by atoms with E-state index in [1.165, 1.54) is 18.9 Å². The lowest BCUT2D eigenvalue weighted by molar-refractivity contribution is 0.372. The van der Waals surface area contributed by atoms with Crippen LogP contribution in [0.2, 0.25) is 6.04 Å². The van der Waals surface area contributed by atoms with Gasteiger partial charge in [0, 0.05) is 0 Å². The normalized spacial score (nSPS) is 12.4. The van der Waals surface area contributed by atoms with E-state index >= 15 is 0 Å². The Morgan fingerprint density at radius 3 is 1.86 bits per heavy atom. The summed E-state index contributed by atoms with van der Waals surface area (Å²) in [6.07, 6.45) is 2.70. The van der Waals surface area contributed by atoms with Crippen LogP contribution in [0.25, 0.3) is 0 Å². The molecule has 3 heteroatoms. The van der Waals surface area contributed by atoms with Gasteiger partial charge in [-0.1, -0.05) is 41.0 Å². The van der Waals surface area contributed by atoms with Gasteiger partial charge in [0.1, 0.15) is 0 Å². The van der Waals surface area contributed by atoms with Gasteiger partial charge in [0.15, 0.2) is 9.12 Å². The lowest BCUT2D eigenvalue weighted by atomic mass is 9.91. The molecule has 0 fully saturated rings. The molecule has 0 atom stereocenters. The molecular weight excluding hydrogens is 188 g/mol. The van der Waals surface area contributed by atoms with Gasteiger partial charge in [0.25, 0.3) is 0 Å². The molecule has 86 valence electrons. The highest BCUT2D eigenvalue weighted by Crippen LogP contribution is 2.21. The zero-order chi connectivity index (χ0) is 11.0. The van der Waals surface area contributed by atoms with Crippen molar-refractivity contribution in [1.82, 2.24) is 9.96 Å². The smallest absolute Gasteiger partial charge is 0.184 e. The summed E-state index contributed by atoms with van der Waals surface area (Å²) in [5.74, 6) is 0. The van der Waals surface area contributed by atoms with Crippen LogP contribution in [0.15, 0.2) is 0 Å². The van der Waals surface area contributed by atoms with Crippen LogP contribution in [-0.4, -0.2) is 22.2 Å². The highest BCUT2D eigenvalue weighted by Gasteiger charge is 2.12. The summed E-state index contributed by atoms with van der Waals surface area (Å²) in [5, 5.41) is 0. The molecule has 0 aromatic rings. The molecule has 0 amide bonds. The van der Waals surface area contributed by atoms with Crippen molar-refractivity contribution >= 4 is 9.12 Å². The number of hydrogen-bond acceptors (Lipinski definition) is 2. The summed E-state index contributed by atoms with van der Waals surface area (Å²) < 4.78 is 0. The standard InChI is InChI=1S/C11H28N2Si/c1-6-12-14(13-7-2)10-8-9-11(3,4)5/h12-14H,6-10H2,1-5H3. The second kappa shape index (κ2) is 7.43. The van der Waals surface area contributed by atoms with Gasteiger partial charge in [0.2, 0.25) is 0 Å². The molecule has 0 aliphatic carbocycles. The number of hydrogen-bond donors (Lipinski definition) is 2. The van der Waals surface area contributed by atoms with Crippen molar-refractivity contribution in [3.05, 3.63) is 0 Å². The molecule has 0 aliphatic rings. The molecule has 0 bridgehead atoms. The first-order chi connectivity index (χ1) is 6.49. The van der Waals surface area contributed by atoms with E-state index in [0.717, 1.165) is 13.1 Å². The molecule has 0 heterocycles. The average molecular weight is 216 g/mol. The lowest BCUT2D eigenvalue weighted by Gasteiger charge is -2.21. The SMILES string of the molecule is CCN[SiH](CCCC(C)(C)C)NCC. The Balaban J connectivity index is 3.60. The zero-order valence-electron chi connectivity index (χ0n) is 10.6. The quantitative estimate of drug-likeness (QED) is 0.638. The Bertz CT molecular complexity index is 126. The van der Waals surface area contributed by atoms with E-state index in [1.807, 2.05) is 0 Å². The molecule has 0 aliphatic heterocycles. The van der Waals surface area contributed by atoms with E-state index in [2.05, 4.69) is 44.6 Å². The molecule has 2 N–H and O–H groups in total. The van der Waals surface area contributed by atoms with E-state index in [9.17, 15) is 0 Å². The van der Waals surface area contributed by atoms with Gasteiger partial charge in [-0.05, 0) is 31.0 Å². The van der Waals surface area contributed by atoms with Gasteiger partial charge >= 0.3 is 0 Å². The van der Waals surface area contributed by atoms with Gasteiger partial charge in [-0.15, -0.1) is 0 Å². The molecule has 0 unspecified atom stereocenters. The Kier molecular flexibility index (Phi) is 7.50. The predicted octanol–water partition coefficient (Wildman–Crippen LogP) is 2.25. The van der Waals surface area contributed by atoms with Crippen molar-refractivity contribution in [2.75, 3.05) is 13.1 Å². The summed E-state index contributed by atoms with van der Waals surface area (Å²) >= 11 is 0. The molecule has 0 rings (SSSR count). The number of nitrogens with one attached hydrogen (secondary N) is 2. The van der Waals surface area contributed by atoms with Crippen molar-refractivity contribution in [3.63, 3.8) is 0 Å². The highest BCUT2D eigenvalue weighted by molar-refractivity contribution is 6.53. The maximum absolute atomic E-state index is 3.60. The fourth-order valence-corrected chi connectivity index (χ4v) is 3.76. The molecule has 0 saturated heterocycles. The van der Waals surface area contributed by atoms with E-state index in [1.54, 1.807) is 0 Å². The van der Waals surface area contributed by atoms with Gasteiger partial charge in [-0.2, -0.15) is 0 Å². The van der Waals surface area contributed by atoms with E-state index < -0.39 is 9.12 Å². The molecule has 2 nitrogen and oxygen atoms in total. The van der Waals surface area contributed by atoms with Crippen LogP contribution >= 0.6 is 0 Å². The van der Waals surface area contributed by atoms with Crippen molar-refractivity contribution < 1.29 is 0 Å². The maximum Gasteiger partial charge on any atom is 0.184 e. The maximum atomic E-state index is 3.60. The minimum atomic E-state index is -0.823. The van der Waals surface area contributed by atoms with Gasteiger partial charge < -0.3 is 9.96 Å². The van der Waals surface area contributed by atoms with Crippen LogP contribution in [0.4, 0.5) is 0 Å². The second-order valence-corrected chi connectivity index (χ2v) is 7.62. The monoisotopic (exact) mass is 216 g/mol. The first-order valence-corrected chi connectivity index (χ1v) is 7.93. The summed E-state index contributed by atoms with van der Waals surface area (Å²) in [4.78, 5) is 7.20. The lowest BCUT2D eigenvalue weighted by Crippen LogP contribution is -2.47. The van der Waals surface area contributed by atoms with Crippen LogP contribution < -0.4 is 9.96 Å². The van der Waals surface area contributed by atoms with E-state index in [-0.39, 0.29) is 0 Å². The van der Waals surface area contributed by atoms with E-state index in [0.29, 0.717) is 5.41 Å². The zero-order valence-corrected chi connectivity index (χ0v) is 11.8. The summed E-state index contributed by atoms with van der Waals surface area (Å²) in [5.41, 5.74) is 0.497. The summed E-state index contributed by atoms with van der Waals surface area (Å²) in [6.45, 7) is 13.6. The second-order valence-electron chi connectivity index (χ2n) is 5.12. The minimum absolute atomic E-state index is 0.497. The van der Waals surface area contributed by atoms with Crippen LogP contribution in [0.5, 0.6) is 0 Å². The van der Waals surface area contributed by atoms with Crippen LogP contribution in [0.3, 0.4) is 0 Å². The highest BCUT2D eigenvalue weighted by atomic mass is 28.3. The fourth-order valence-electron chi connectivity index (χ4n) is 1.61. The average Bonchev–Trinajstić information content (AvgIpc) is 2.02. The minimum Gasteiger partial charge on any atom is -0.328 e. The molecular formula is C11H28N2Si. The Morgan fingerprint density at radius 1 is 1.00 bits per heavy atom. The third-order valence-corrected chi connectivity index (χ3v) is 5.11. The topological polar surface area (TPSA) is 24.1 Å². The van der Waals surface area contributed by atoms with Crippen molar-refractivity contribution in [3.8, 4) is 0 Å². The summed E-state index contributed by atoms with van der Waals surface area (Å²) in [7, 11) is -0.823. The predicted molar refractivity (Wildman–Crippen MR) is 68.0 cm³/mol. The molecule has 14 heavy (non-hydrogen) atoms. The molecule has 0 saturated carbocycles. The van der Waals surface area contributed by atoms with Gasteiger partial charge in [0.05, 0.1) is 0 Å². The van der Waals surface area contributed by atoms with E-state index in [4.69, 9.17) is 0 Å². The summed E-state index contributed by atoms with van der Waals surface area (Å²) in [6, 6.07) is 1.37. The fraction of sp³-hybridized carbons (Fsp3) is 1.00. The van der Waals surface area contributed by atoms with Crippen molar-refractivity contribution in [1.29, 1.82) is 0 Å². The molecule has 0 radical (unpaired) electrons. The Morgan fingerprint density at radius 2 is 1.50 bits per heavy atom. The Hall–Kier alpha value is 0.137. The van der Waals surface area contributed by atoms with Crippen LogP contribution in [-0.2, 0) is 0 Å². The van der Waals surface area contributed by atoms with Gasteiger partial charge in [-0.25, -0.2) is 0 Å². The first-order valence-electron chi connectivity index (χ1n) is 5.96.